The number of hydrogen-bond acceptors (Lipinski definition) is 5. The minimum absolute atomic E-state index is 0.0712. The summed E-state index contributed by atoms with van der Waals surface area (Å²) in [6.45, 7) is 8.90. The molecule has 0 amide bonds. The second kappa shape index (κ2) is 5.36. The Morgan fingerprint density at radius 2 is 1.91 bits per heavy atom. The van der Waals surface area contributed by atoms with Gasteiger partial charge in [-0.05, 0) is 27.2 Å². The van der Waals surface area contributed by atoms with E-state index < -0.39 is 0 Å². The van der Waals surface area contributed by atoms with Crippen LogP contribution >= 0.6 is 0 Å². The predicted molar refractivity (Wildman–Crippen MR) is 90.4 cm³/mol. The molecule has 0 spiro atoms. The quantitative estimate of drug-likeness (QED) is 0.848. The summed E-state index contributed by atoms with van der Waals surface area (Å²) in [5.74, 6) is 0.613. The average Bonchev–Trinajstić information content (AvgIpc) is 2.94. The Hall–Kier alpha value is -2.38. The Labute approximate surface area is 133 Å². The summed E-state index contributed by atoms with van der Waals surface area (Å²) >= 11 is 0. The van der Waals surface area contributed by atoms with Crippen LogP contribution in [0.3, 0.4) is 0 Å². The van der Waals surface area contributed by atoms with E-state index >= 15 is 0 Å². The van der Waals surface area contributed by atoms with Crippen LogP contribution in [-0.4, -0.2) is 30.9 Å². The fraction of sp³-hybridized carbons (Fsp3) is 0.600. The first kappa shape index (κ1) is 15.5. The molecule has 0 radical (unpaired) electrons. The van der Waals surface area contributed by atoms with Crippen molar-refractivity contribution in [1.82, 2.24) is 18.7 Å². The first-order valence-corrected chi connectivity index (χ1v) is 7.96. The number of aryl methyl sites for hydroxylation is 1. The summed E-state index contributed by atoms with van der Waals surface area (Å²) in [7, 11) is 1.66. The normalized spacial score (nSPS) is 17.5. The van der Waals surface area contributed by atoms with Crippen LogP contribution in [0.1, 0.15) is 40.2 Å². The molecular formula is C15H22N6O2. The molecule has 3 rings (SSSR count). The summed E-state index contributed by atoms with van der Waals surface area (Å²) in [5, 5.41) is 6.30. The van der Waals surface area contributed by atoms with Crippen LogP contribution in [0.5, 0.6) is 0 Å². The number of anilines is 1. The van der Waals surface area contributed by atoms with Gasteiger partial charge in [-0.15, -0.1) is 0 Å². The summed E-state index contributed by atoms with van der Waals surface area (Å²) in [6.07, 6.45) is 0.721. The molecule has 8 nitrogen and oxygen atoms in total. The third-order valence-corrected chi connectivity index (χ3v) is 4.41. The van der Waals surface area contributed by atoms with Gasteiger partial charge in [-0.25, -0.2) is 9.80 Å². The molecule has 0 unspecified atom stereocenters. The van der Waals surface area contributed by atoms with Gasteiger partial charge >= 0.3 is 5.69 Å². The van der Waals surface area contributed by atoms with E-state index in [1.165, 1.54) is 9.13 Å². The van der Waals surface area contributed by atoms with Gasteiger partial charge in [0.05, 0.1) is 11.8 Å². The first-order chi connectivity index (χ1) is 10.9. The van der Waals surface area contributed by atoms with E-state index in [2.05, 4.69) is 10.1 Å². The monoisotopic (exact) mass is 318 g/mol. The van der Waals surface area contributed by atoms with Crippen molar-refractivity contribution in [2.75, 3.05) is 11.6 Å². The SMILES string of the molecule is CCCn1c(=O)c2c(nc3n2[C@@H](C)C(C)=NN3CC)n(C)c1=O. The minimum atomic E-state index is -0.326. The zero-order valence-corrected chi connectivity index (χ0v) is 14.2. The van der Waals surface area contributed by atoms with Crippen molar-refractivity contribution in [3.8, 4) is 0 Å². The molecular weight excluding hydrogens is 296 g/mol. The lowest BCUT2D eigenvalue weighted by molar-refractivity contribution is 0.586. The van der Waals surface area contributed by atoms with Crippen molar-refractivity contribution in [2.45, 2.75) is 46.7 Å². The Kier molecular flexibility index (Phi) is 3.62. The molecule has 0 saturated heterocycles. The highest BCUT2D eigenvalue weighted by atomic mass is 16.2. The fourth-order valence-corrected chi connectivity index (χ4v) is 3.02. The van der Waals surface area contributed by atoms with Crippen LogP contribution in [0.4, 0.5) is 5.95 Å². The molecule has 0 fully saturated rings. The molecule has 0 bridgehead atoms. The standard InChI is InChI=1S/C15H22N6O2/c1-6-8-19-13(22)11-12(18(5)15(19)23)16-14-20(7-2)17-9(3)10(4)21(11)14/h10H,6-8H2,1-5H3/t10-/m0/s1. The maximum atomic E-state index is 12.9. The van der Waals surface area contributed by atoms with Gasteiger partial charge < -0.3 is 0 Å². The molecule has 0 aromatic carbocycles. The molecule has 2 aromatic rings. The van der Waals surface area contributed by atoms with Gasteiger partial charge in [0.15, 0.2) is 11.2 Å². The van der Waals surface area contributed by atoms with Crippen molar-refractivity contribution in [2.24, 2.45) is 12.1 Å². The van der Waals surface area contributed by atoms with Crippen LogP contribution in [-0.2, 0) is 13.6 Å². The maximum Gasteiger partial charge on any atom is 0.332 e. The second-order valence-electron chi connectivity index (χ2n) is 5.89. The van der Waals surface area contributed by atoms with Crippen molar-refractivity contribution in [1.29, 1.82) is 0 Å². The van der Waals surface area contributed by atoms with E-state index in [0.29, 0.717) is 30.2 Å². The lowest BCUT2D eigenvalue weighted by Crippen LogP contribution is -2.40. The van der Waals surface area contributed by atoms with Crippen molar-refractivity contribution in [3.63, 3.8) is 0 Å². The number of rotatable bonds is 3. The molecule has 1 atom stereocenters. The topological polar surface area (TPSA) is 77.4 Å². The Morgan fingerprint density at radius 3 is 2.52 bits per heavy atom. The molecule has 0 N–H and O–H groups in total. The van der Waals surface area contributed by atoms with Gasteiger partial charge in [0, 0.05) is 20.1 Å². The molecule has 23 heavy (non-hydrogen) atoms. The van der Waals surface area contributed by atoms with E-state index in [9.17, 15) is 9.59 Å². The maximum absolute atomic E-state index is 12.9. The number of imidazole rings is 1. The second-order valence-corrected chi connectivity index (χ2v) is 5.89. The summed E-state index contributed by atoms with van der Waals surface area (Å²) < 4.78 is 4.64. The Morgan fingerprint density at radius 1 is 1.22 bits per heavy atom. The first-order valence-electron chi connectivity index (χ1n) is 7.96. The Bertz CT molecular complexity index is 917. The third kappa shape index (κ3) is 2.04. The molecule has 0 saturated carbocycles. The van der Waals surface area contributed by atoms with Crippen LogP contribution in [0.2, 0.25) is 0 Å². The van der Waals surface area contributed by atoms with Crippen molar-refractivity contribution >= 4 is 22.8 Å². The number of hydrazone groups is 1. The number of aromatic nitrogens is 4. The Balaban J connectivity index is 2.45. The molecule has 1 aliphatic heterocycles. The van der Waals surface area contributed by atoms with Crippen molar-refractivity contribution in [3.05, 3.63) is 20.8 Å². The van der Waals surface area contributed by atoms with Crippen LogP contribution in [0.25, 0.3) is 11.2 Å². The lowest BCUT2D eigenvalue weighted by atomic mass is 10.2. The zero-order chi connectivity index (χ0) is 16.9. The molecule has 8 heteroatoms. The minimum Gasteiger partial charge on any atom is -0.294 e. The van der Waals surface area contributed by atoms with Crippen LogP contribution in [0.15, 0.2) is 14.7 Å². The smallest absolute Gasteiger partial charge is 0.294 e. The van der Waals surface area contributed by atoms with Gasteiger partial charge in [-0.3, -0.25) is 18.5 Å². The third-order valence-electron chi connectivity index (χ3n) is 4.41. The molecule has 0 aliphatic carbocycles. The molecule has 124 valence electrons. The molecule has 1 aliphatic rings. The molecule has 3 heterocycles. The summed E-state index contributed by atoms with van der Waals surface area (Å²) in [5.41, 5.74) is 1.19. The number of nitrogens with zero attached hydrogens (tertiary/aromatic N) is 6. The van der Waals surface area contributed by atoms with Crippen LogP contribution < -0.4 is 16.3 Å². The number of hydrogen-bond donors (Lipinski definition) is 0. The van der Waals surface area contributed by atoms with Gasteiger partial charge in [-0.2, -0.15) is 10.1 Å². The van der Waals surface area contributed by atoms with E-state index in [-0.39, 0.29) is 17.3 Å². The predicted octanol–water partition coefficient (Wildman–Crippen LogP) is 1.08. The summed E-state index contributed by atoms with van der Waals surface area (Å²) in [6, 6.07) is -0.0712. The van der Waals surface area contributed by atoms with E-state index in [1.54, 1.807) is 12.1 Å². The lowest BCUT2D eigenvalue weighted by Gasteiger charge is -2.28. The van der Waals surface area contributed by atoms with E-state index in [4.69, 9.17) is 0 Å². The molecule has 2 aromatic heterocycles. The van der Waals surface area contributed by atoms with Gasteiger partial charge in [-0.1, -0.05) is 6.92 Å². The highest BCUT2D eigenvalue weighted by molar-refractivity contribution is 5.90. The average molecular weight is 318 g/mol. The largest absolute Gasteiger partial charge is 0.332 e. The van der Waals surface area contributed by atoms with Gasteiger partial charge in [0.25, 0.3) is 5.56 Å². The fourth-order valence-electron chi connectivity index (χ4n) is 3.02. The highest BCUT2D eigenvalue weighted by Crippen LogP contribution is 2.29. The zero-order valence-electron chi connectivity index (χ0n) is 14.2. The van der Waals surface area contributed by atoms with E-state index in [1.807, 2.05) is 32.3 Å². The van der Waals surface area contributed by atoms with Gasteiger partial charge in [0.2, 0.25) is 5.95 Å². The van der Waals surface area contributed by atoms with Crippen LogP contribution in [0, 0.1) is 0 Å². The van der Waals surface area contributed by atoms with Crippen molar-refractivity contribution < 1.29 is 0 Å². The van der Waals surface area contributed by atoms with E-state index in [0.717, 1.165) is 12.1 Å². The number of fused-ring (bicyclic) bond motifs is 3. The highest BCUT2D eigenvalue weighted by Gasteiger charge is 2.29. The van der Waals surface area contributed by atoms with Gasteiger partial charge in [0.1, 0.15) is 0 Å². The summed E-state index contributed by atoms with van der Waals surface area (Å²) in [4.78, 5) is 29.9.